The molecule has 0 aliphatic carbocycles. The lowest BCUT2D eigenvalue weighted by atomic mass is 9.99. The molecule has 0 fully saturated rings. The number of benzene rings is 4. The van der Waals surface area contributed by atoms with Gasteiger partial charge in [0, 0.05) is 0 Å². The minimum Gasteiger partial charge on any atom is -1.00 e. The maximum absolute atomic E-state index is 14.4. The van der Waals surface area contributed by atoms with Crippen molar-refractivity contribution < 1.29 is 21.4 Å². The average molecular weight is 493 g/mol. The fourth-order valence-electron chi connectivity index (χ4n) is 4.05. The van der Waals surface area contributed by atoms with Crippen molar-refractivity contribution in [2.24, 2.45) is 0 Å². The predicted molar refractivity (Wildman–Crippen MR) is 129 cm³/mol. The van der Waals surface area contributed by atoms with Crippen LogP contribution in [0.3, 0.4) is 0 Å². The van der Waals surface area contributed by atoms with Gasteiger partial charge in [-0.25, -0.2) is 4.39 Å². The standard InChI is InChI=1S/C28H27FP.BrH/c1-28(2,29)24-20-18-23(19-21-24)22-30(25-12-6-3-7-13-25,26-14-8-4-9-15-26)27-16-10-5-11-17-27;/h3-21H,22H2,1-2H3;1H/q+1;/p-1. The molecule has 0 nitrogen and oxygen atoms in total. The molecular formula is C28H27BrFP. The predicted octanol–water partition coefficient (Wildman–Crippen LogP) is 3.39. The van der Waals surface area contributed by atoms with Crippen LogP contribution in [0.5, 0.6) is 0 Å². The van der Waals surface area contributed by atoms with Crippen LogP contribution in [-0.2, 0) is 11.8 Å². The van der Waals surface area contributed by atoms with E-state index in [4.69, 9.17) is 0 Å². The number of alkyl halides is 1. The number of halogens is 2. The van der Waals surface area contributed by atoms with Crippen molar-refractivity contribution in [1.82, 2.24) is 0 Å². The molecule has 0 saturated heterocycles. The largest absolute Gasteiger partial charge is 1.00 e. The molecule has 158 valence electrons. The summed E-state index contributed by atoms with van der Waals surface area (Å²) in [6, 6.07) is 40.6. The van der Waals surface area contributed by atoms with Crippen LogP contribution in [-0.4, -0.2) is 0 Å². The second kappa shape index (κ2) is 9.90. The second-order valence-corrected chi connectivity index (χ2v) is 11.6. The highest BCUT2D eigenvalue weighted by atomic mass is 79.9. The Labute approximate surface area is 196 Å². The second-order valence-electron chi connectivity index (χ2n) is 8.14. The molecule has 0 atom stereocenters. The molecule has 0 aliphatic heterocycles. The summed E-state index contributed by atoms with van der Waals surface area (Å²) >= 11 is 0. The first-order chi connectivity index (χ1) is 14.5. The molecular weight excluding hydrogens is 466 g/mol. The molecule has 0 unspecified atom stereocenters. The summed E-state index contributed by atoms with van der Waals surface area (Å²) in [5.41, 5.74) is 0.616. The molecule has 31 heavy (non-hydrogen) atoms. The van der Waals surface area contributed by atoms with Gasteiger partial charge in [0.1, 0.15) is 28.8 Å². The molecule has 0 heterocycles. The molecule has 0 aromatic heterocycles. The summed E-state index contributed by atoms with van der Waals surface area (Å²) < 4.78 is 14.4. The van der Waals surface area contributed by atoms with Gasteiger partial charge in [-0.1, -0.05) is 78.9 Å². The highest BCUT2D eigenvalue weighted by molar-refractivity contribution is 7.95. The normalized spacial score (nSPS) is 11.6. The van der Waals surface area contributed by atoms with Gasteiger partial charge in [0.15, 0.2) is 0 Å². The average Bonchev–Trinajstić information content (AvgIpc) is 2.79. The fourth-order valence-corrected chi connectivity index (χ4v) is 8.29. The van der Waals surface area contributed by atoms with Gasteiger partial charge in [-0.3, -0.25) is 0 Å². The monoisotopic (exact) mass is 492 g/mol. The smallest absolute Gasteiger partial charge is 0.130 e. The van der Waals surface area contributed by atoms with E-state index in [0.717, 1.165) is 6.16 Å². The Morgan fingerprint density at radius 2 is 0.935 bits per heavy atom. The Bertz CT molecular complexity index is 976. The third-order valence-corrected chi connectivity index (χ3v) is 10.0. The molecule has 4 rings (SSSR count). The highest BCUT2D eigenvalue weighted by Gasteiger charge is 2.45. The van der Waals surface area contributed by atoms with E-state index in [0.29, 0.717) is 5.56 Å². The Morgan fingerprint density at radius 3 is 1.26 bits per heavy atom. The van der Waals surface area contributed by atoms with Gasteiger partial charge >= 0.3 is 0 Å². The quantitative estimate of drug-likeness (QED) is 0.362. The molecule has 4 aromatic carbocycles. The Balaban J connectivity index is 0.00000272. The third-order valence-electron chi connectivity index (χ3n) is 5.65. The van der Waals surface area contributed by atoms with Crippen molar-refractivity contribution in [1.29, 1.82) is 0 Å². The van der Waals surface area contributed by atoms with Crippen LogP contribution in [0, 0.1) is 0 Å². The molecule has 3 heteroatoms. The van der Waals surface area contributed by atoms with Crippen LogP contribution < -0.4 is 32.9 Å². The van der Waals surface area contributed by atoms with Crippen LogP contribution in [0.4, 0.5) is 4.39 Å². The maximum Gasteiger partial charge on any atom is 0.130 e. The number of rotatable bonds is 6. The van der Waals surface area contributed by atoms with E-state index < -0.39 is 12.9 Å². The van der Waals surface area contributed by atoms with Gasteiger partial charge < -0.3 is 17.0 Å². The first kappa shape index (κ1) is 23.4. The molecule has 0 N–H and O–H groups in total. The first-order valence-electron chi connectivity index (χ1n) is 10.3. The van der Waals surface area contributed by atoms with Crippen LogP contribution in [0.2, 0.25) is 0 Å². The van der Waals surface area contributed by atoms with Crippen molar-refractivity contribution in [2.75, 3.05) is 0 Å². The maximum atomic E-state index is 14.4. The summed E-state index contributed by atoms with van der Waals surface area (Å²) in [4.78, 5) is 0. The van der Waals surface area contributed by atoms with Gasteiger partial charge in [-0.15, -0.1) is 0 Å². The van der Waals surface area contributed by atoms with E-state index in [1.54, 1.807) is 13.8 Å². The Morgan fingerprint density at radius 1 is 0.581 bits per heavy atom. The van der Waals surface area contributed by atoms with E-state index in [2.05, 4.69) is 103 Å². The number of hydrogen-bond donors (Lipinski definition) is 0. The van der Waals surface area contributed by atoms with Crippen molar-refractivity contribution in [3.05, 3.63) is 126 Å². The highest BCUT2D eigenvalue weighted by Crippen LogP contribution is 2.58. The third kappa shape index (κ3) is 4.97. The van der Waals surface area contributed by atoms with Crippen molar-refractivity contribution >= 4 is 23.2 Å². The van der Waals surface area contributed by atoms with E-state index >= 15 is 0 Å². The lowest BCUT2D eigenvalue weighted by Crippen LogP contribution is -3.00. The fraction of sp³-hybridized carbons (Fsp3) is 0.143. The van der Waals surface area contributed by atoms with Crippen LogP contribution in [0.1, 0.15) is 25.0 Å². The van der Waals surface area contributed by atoms with E-state index in [-0.39, 0.29) is 17.0 Å². The Kier molecular flexibility index (Phi) is 7.46. The Hall–Kier alpha value is -2.28. The molecule has 0 radical (unpaired) electrons. The summed E-state index contributed by atoms with van der Waals surface area (Å²) in [5, 5.41) is 4.08. The summed E-state index contributed by atoms with van der Waals surface area (Å²) in [5.74, 6) is 0. The summed E-state index contributed by atoms with van der Waals surface area (Å²) in [6.07, 6.45) is 0.901. The van der Waals surface area contributed by atoms with E-state index in [1.165, 1.54) is 21.5 Å². The van der Waals surface area contributed by atoms with Crippen molar-refractivity contribution in [3.63, 3.8) is 0 Å². The topological polar surface area (TPSA) is 0 Å². The van der Waals surface area contributed by atoms with E-state index in [1.807, 2.05) is 12.1 Å². The van der Waals surface area contributed by atoms with E-state index in [9.17, 15) is 4.39 Å². The molecule has 0 saturated carbocycles. The summed E-state index contributed by atoms with van der Waals surface area (Å²) in [6.45, 7) is 3.22. The van der Waals surface area contributed by atoms with Gasteiger partial charge in [-0.05, 0) is 61.4 Å². The van der Waals surface area contributed by atoms with Crippen molar-refractivity contribution in [3.8, 4) is 0 Å². The SMILES string of the molecule is CC(C)(F)c1ccc(C[P+](c2ccccc2)(c2ccccc2)c2ccccc2)cc1.[Br-]. The molecule has 4 aromatic rings. The van der Waals surface area contributed by atoms with Gasteiger partial charge in [-0.2, -0.15) is 0 Å². The first-order valence-corrected chi connectivity index (χ1v) is 12.3. The van der Waals surface area contributed by atoms with Gasteiger partial charge in [0.05, 0.1) is 6.16 Å². The minimum atomic E-state index is -1.92. The summed E-state index contributed by atoms with van der Waals surface area (Å²) in [7, 11) is -1.92. The zero-order valence-corrected chi connectivity index (χ0v) is 20.4. The van der Waals surface area contributed by atoms with Gasteiger partial charge in [0.2, 0.25) is 0 Å². The molecule has 0 aliphatic rings. The zero-order valence-electron chi connectivity index (χ0n) is 17.9. The lowest BCUT2D eigenvalue weighted by molar-refractivity contribution is -0.00000813. The zero-order chi connectivity index (χ0) is 21.0. The molecule has 0 amide bonds. The lowest BCUT2D eigenvalue weighted by Gasteiger charge is -2.28. The number of hydrogen-bond acceptors (Lipinski definition) is 0. The van der Waals surface area contributed by atoms with Crippen LogP contribution in [0.25, 0.3) is 0 Å². The van der Waals surface area contributed by atoms with Gasteiger partial charge in [0.25, 0.3) is 0 Å². The molecule has 0 bridgehead atoms. The van der Waals surface area contributed by atoms with Crippen molar-refractivity contribution in [2.45, 2.75) is 25.7 Å². The minimum absolute atomic E-state index is 0. The molecule has 0 spiro atoms. The van der Waals surface area contributed by atoms with Crippen LogP contribution in [0.15, 0.2) is 115 Å². The van der Waals surface area contributed by atoms with Crippen LogP contribution >= 0.6 is 7.26 Å².